The first-order valence-corrected chi connectivity index (χ1v) is 11.7. The summed E-state index contributed by atoms with van der Waals surface area (Å²) in [5.74, 6) is -1.99. The minimum absolute atomic E-state index is 0.0581. The summed E-state index contributed by atoms with van der Waals surface area (Å²) in [5, 5.41) is 21.6. The van der Waals surface area contributed by atoms with Crippen LogP contribution in [0.15, 0.2) is 66.2 Å². The summed E-state index contributed by atoms with van der Waals surface area (Å²) in [5.41, 5.74) is 2.73. The molecule has 4 rings (SSSR count). The zero-order valence-electron chi connectivity index (χ0n) is 20.9. The molecule has 0 aliphatic carbocycles. The molecular weight excluding hydrogens is 474 g/mol. The Morgan fingerprint density at radius 3 is 2.32 bits per heavy atom. The molecule has 0 aromatic heterocycles. The molecule has 1 heterocycles. The monoisotopic (exact) mass is 501 g/mol. The molecule has 37 heavy (non-hydrogen) atoms. The van der Waals surface area contributed by atoms with E-state index in [4.69, 9.17) is 9.47 Å². The predicted octanol–water partition coefficient (Wildman–Crippen LogP) is 4.82. The highest BCUT2D eigenvalue weighted by atomic mass is 16.5. The van der Waals surface area contributed by atoms with Crippen molar-refractivity contribution < 1.29 is 34.1 Å². The van der Waals surface area contributed by atoms with E-state index in [9.17, 15) is 24.6 Å². The second-order valence-corrected chi connectivity index (χ2v) is 8.67. The number of carbonyl (C=O) groups excluding carboxylic acids is 3. The SMILES string of the molecule is CCOC(=O)c1ccc(N2C(=O)C(=O)/C(=C(/O)c3cc(C)c(OC)cc3C)C2c2cccc(O)c2)cc1. The molecule has 1 amide bonds. The molecule has 8 heteroatoms. The number of Topliss-reactive ketones (excluding diaryl/α,β-unsaturated/α-hetero) is 1. The van der Waals surface area contributed by atoms with Crippen LogP contribution >= 0.6 is 0 Å². The largest absolute Gasteiger partial charge is 0.508 e. The molecule has 0 spiro atoms. The number of ether oxygens (including phenoxy) is 2. The van der Waals surface area contributed by atoms with E-state index in [1.165, 1.54) is 41.3 Å². The van der Waals surface area contributed by atoms with Crippen molar-refractivity contribution >= 4 is 29.1 Å². The van der Waals surface area contributed by atoms with Gasteiger partial charge in [0.15, 0.2) is 0 Å². The molecule has 0 saturated carbocycles. The summed E-state index contributed by atoms with van der Waals surface area (Å²) < 4.78 is 10.4. The maximum absolute atomic E-state index is 13.4. The summed E-state index contributed by atoms with van der Waals surface area (Å²) in [7, 11) is 1.54. The topological polar surface area (TPSA) is 113 Å². The van der Waals surface area contributed by atoms with Crippen molar-refractivity contribution in [1.82, 2.24) is 0 Å². The Bertz CT molecular complexity index is 1420. The fraction of sp³-hybridized carbons (Fsp3) is 0.207. The van der Waals surface area contributed by atoms with Gasteiger partial charge in [-0.25, -0.2) is 4.79 Å². The Hall–Kier alpha value is -4.59. The van der Waals surface area contributed by atoms with Gasteiger partial charge in [0.05, 0.1) is 30.9 Å². The molecule has 2 N–H and O–H groups in total. The average molecular weight is 502 g/mol. The van der Waals surface area contributed by atoms with Crippen LogP contribution in [0.5, 0.6) is 11.5 Å². The predicted molar refractivity (Wildman–Crippen MR) is 138 cm³/mol. The lowest BCUT2D eigenvalue weighted by Gasteiger charge is -2.26. The Morgan fingerprint density at radius 2 is 1.70 bits per heavy atom. The van der Waals surface area contributed by atoms with E-state index in [0.717, 1.165) is 5.56 Å². The molecule has 1 fully saturated rings. The lowest BCUT2D eigenvalue weighted by Crippen LogP contribution is -2.29. The minimum Gasteiger partial charge on any atom is -0.508 e. The number of methoxy groups -OCH3 is 1. The smallest absolute Gasteiger partial charge is 0.338 e. The first-order valence-electron chi connectivity index (χ1n) is 11.7. The number of hydrogen-bond donors (Lipinski definition) is 2. The molecule has 0 bridgehead atoms. The number of phenols is 1. The van der Waals surface area contributed by atoms with E-state index < -0.39 is 23.7 Å². The van der Waals surface area contributed by atoms with Crippen LogP contribution in [0.2, 0.25) is 0 Å². The van der Waals surface area contributed by atoms with Gasteiger partial charge < -0.3 is 19.7 Å². The molecule has 3 aromatic carbocycles. The van der Waals surface area contributed by atoms with Crippen LogP contribution in [-0.2, 0) is 14.3 Å². The van der Waals surface area contributed by atoms with Crippen molar-refractivity contribution in [2.45, 2.75) is 26.8 Å². The van der Waals surface area contributed by atoms with Crippen molar-refractivity contribution in [3.8, 4) is 11.5 Å². The van der Waals surface area contributed by atoms with E-state index in [-0.39, 0.29) is 23.7 Å². The molecule has 190 valence electrons. The highest BCUT2D eigenvalue weighted by Crippen LogP contribution is 2.43. The maximum atomic E-state index is 13.4. The normalized spacial score (nSPS) is 16.6. The first kappa shape index (κ1) is 25.5. The van der Waals surface area contributed by atoms with E-state index in [1.54, 1.807) is 45.2 Å². The number of amides is 1. The van der Waals surface area contributed by atoms with Crippen molar-refractivity contribution in [3.05, 3.63) is 94.1 Å². The van der Waals surface area contributed by atoms with Gasteiger partial charge in [-0.1, -0.05) is 12.1 Å². The number of hydrogen-bond acceptors (Lipinski definition) is 7. The maximum Gasteiger partial charge on any atom is 0.338 e. The van der Waals surface area contributed by atoms with Crippen LogP contribution in [-0.4, -0.2) is 41.6 Å². The van der Waals surface area contributed by atoms with Gasteiger partial charge in [0.1, 0.15) is 17.3 Å². The second kappa shape index (κ2) is 10.2. The molecular formula is C29H27NO7. The number of aryl methyl sites for hydroxylation is 2. The Labute approximate surface area is 214 Å². The number of phenolic OH excluding ortho intramolecular Hbond substituents is 1. The van der Waals surface area contributed by atoms with Crippen molar-refractivity contribution in [2.24, 2.45) is 0 Å². The average Bonchev–Trinajstić information content (AvgIpc) is 3.15. The second-order valence-electron chi connectivity index (χ2n) is 8.67. The summed E-state index contributed by atoms with van der Waals surface area (Å²) in [6.45, 7) is 5.50. The van der Waals surface area contributed by atoms with E-state index >= 15 is 0 Å². The highest BCUT2D eigenvalue weighted by Gasteiger charge is 2.47. The lowest BCUT2D eigenvalue weighted by atomic mass is 9.93. The van der Waals surface area contributed by atoms with E-state index in [0.29, 0.717) is 33.7 Å². The summed E-state index contributed by atoms with van der Waals surface area (Å²) >= 11 is 0. The number of carbonyl (C=O) groups is 3. The van der Waals surface area contributed by atoms with Gasteiger partial charge in [-0.05, 0) is 86.0 Å². The molecule has 1 aliphatic heterocycles. The van der Waals surface area contributed by atoms with Gasteiger partial charge in [0.2, 0.25) is 0 Å². The molecule has 1 aliphatic rings. The van der Waals surface area contributed by atoms with Crippen molar-refractivity contribution in [1.29, 1.82) is 0 Å². The molecule has 3 aromatic rings. The number of rotatable bonds is 6. The zero-order chi connectivity index (χ0) is 26.9. The van der Waals surface area contributed by atoms with Crippen LogP contribution in [0.4, 0.5) is 5.69 Å². The fourth-order valence-corrected chi connectivity index (χ4v) is 4.49. The molecule has 1 unspecified atom stereocenters. The molecule has 1 atom stereocenters. The number of anilines is 1. The van der Waals surface area contributed by atoms with Crippen LogP contribution in [0.1, 0.15) is 45.6 Å². The van der Waals surface area contributed by atoms with Crippen molar-refractivity contribution in [3.63, 3.8) is 0 Å². The molecule has 0 radical (unpaired) electrons. The van der Waals surface area contributed by atoms with Crippen LogP contribution in [0.25, 0.3) is 5.76 Å². The van der Waals surface area contributed by atoms with Gasteiger partial charge >= 0.3 is 5.97 Å². The van der Waals surface area contributed by atoms with Gasteiger partial charge in [0.25, 0.3) is 11.7 Å². The molecule has 8 nitrogen and oxygen atoms in total. The van der Waals surface area contributed by atoms with Crippen molar-refractivity contribution in [2.75, 3.05) is 18.6 Å². The Kier molecular flexibility index (Phi) is 7.02. The van der Waals surface area contributed by atoms with Gasteiger partial charge in [0, 0.05) is 11.3 Å². The zero-order valence-corrected chi connectivity index (χ0v) is 20.9. The number of aliphatic hydroxyl groups excluding tert-OH is 1. The number of aliphatic hydroxyl groups is 1. The number of esters is 1. The van der Waals surface area contributed by atoms with Crippen LogP contribution in [0, 0.1) is 13.8 Å². The number of nitrogens with zero attached hydrogens (tertiary/aromatic N) is 1. The van der Waals surface area contributed by atoms with E-state index in [2.05, 4.69) is 0 Å². The van der Waals surface area contributed by atoms with Crippen LogP contribution in [0.3, 0.4) is 0 Å². The molecule has 1 saturated heterocycles. The third-order valence-electron chi connectivity index (χ3n) is 6.28. The van der Waals surface area contributed by atoms with E-state index in [1.807, 2.05) is 6.92 Å². The Balaban J connectivity index is 1.90. The Morgan fingerprint density at radius 1 is 1.00 bits per heavy atom. The number of ketones is 1. The number of benzene rings is 3. The fourth-order valence-electron chi connectivity index (χ4n) is 4.49. The first-order chi connectivity index (χ1) is 17.7. The third-order valence-corrected chi connectivity index (χ3v) is 6.28. The standard InChI is InChI=1S/C29H27NO7/c1-5-37-29(35)18-9-11-20(12-10-18)30-25(19-7-6-8-21(31)15-19)24(27(33)28(30)34)26(32)22-13-17(3)23(36-4)14-16(22)2/h6-15,25,31-32H,5H2,1-4H3/b26-24+. The number of aromatic hydroxyl groups is 1. The quantitative estimate of drug-likeness (QED) is 0.215. The lowest BCUT2D eigenvalue weighted by molar-refractivity contribution is -0.132. The minimum atomic E-state index is -1.03. The summed E-state index contributed by atoms with van der Waals surface area (Å²) in [6, 6.07) is 14.7. The van der Waals surface area contributed by atoms with Gasteiger partial charge in [-0.2, -0.15) is 0 Å². The summed E-state index contributed by atoms with van der Waals surface area (Å²) in [6.07, 6.45) is 0. The third kappa shape index (κ3) is 4.65. The highest BCUT2D eigenvalue weighted by molar-refractivity contribution is 6.51. The van der Waals surface area contributed by atoms with Gasteiger partial charge in [-0.3, -0.25) is 14.5 Å². The summed E-state index contributed by atoms with van der Waals surface area (Å²) in [4.78, 5) is 40.1. The van der Waals surface area contributed by atoms with Gasteiger partial charge in [-0.15, -0.1) is 0 Å². The van der Waals surface area contributed by atoms with Crippen LogP contribution < -0.4 is 9.64 Å².